The van der Waals surface area contributed by atoms with Gasteiger partial charge in [-0.1, -0.05) is 28.1 Å². The quantitative estimate of drug-likeness (QED) is 0.448. The number of amides is 1. The second-order valence-corrected chi connectivity index (χ2v) is 6.75. The topological polar surface area (TPSA) is 77.7 Å². The van der Waals surface area contributed by atoms with E-state index in [1.54, 1.807) is 49.4 Å². The average molecular weight is 443 g/mol. The van der Waals surface area contributed by atoms with Crippen LogP contribution in [0.1, 0.15) is 21.6 Å². The molecule has 1 heterocycles. The number of hydrazone groups is 1. The highest BCUT2D eigenvalue weighted by atomic mass is 79.9. The Morgan fingerprint density at radius 3 is 2.68 bits per heavy atom. The van der Waals surface area contributed by atoms with Gasteiger partial charge in [-0.05, 0) is 42.0 Å². The lowest BCUT2D eigenvalue weighted by molar-refractivity contribution is 0.0949. The average Bonchev–Trinajstić information content (AvgIpc) is 3.18. The molecule has 1 N–H and O–H groups in total. The molecule has 0 aliphatic carbocycles. The van der Waals surface area contributed by atoms with Crippen molar-refractivity contribution in [2.45, 2.75) is 6.54 Å². The molecule has 144 valence electrons. The maximum absolute atomic E-state index is 12.3. The van der Waals surface area contributed by atoms with Crippen molar-refractivity contribution in [1.29, 1.82) is 0 Å². The summed E-state index contributed by atoms with van der Waals surface area (Å²) in [5.74, 6) is 0.894. The summed E-state index contributed by atoms with van der Waals surface area (Å²) < 4.78 is 13.2. The van der Waals surface area contributed by atoms with Crippen LogP contribution in [0.3, 0.4) is 0 Å². The maximum Gasteiger partial charge on any atom is 0.291 e. The van der Waals surface area contributed by atoms with Crippen molar-refractivity contribution in [3.8, 4) is 11.5 Å². The number of hydrogen-bond acceptors (Lipinski definition) is 5. The first-order valence-electron chi connectivity index (χ1n) is 8.42. The molecule has 8 heteroatoms. The third-order valence-corrected chi connectivity index (χ3v) is 4.47. The van der Waals surface area contributed by atoms with E-state index in [0.29, 0.717) is 23.6 Å². The van der Waals surface area contributed by atoms with Crippen LogP contribution in [0.25, 0.3) is 0 Å². The highest BCUT2D eigenvalue weighted by Crippen LogP contribution is 2.22. The normalized spacial score (nSPS) is 10.8. The first-order valence-corrected chi connectivity index (χ1v) is 9.21. The Morgan fingerprint density at radius 1 is 1.18 bits per heavy atom. The largest absolute Gasteiger partial charge is 0.497 e. The Morgan fingerprint density at radius 2 is 1.96 bits per heavy atom. The summed E-state index contributed by atoms with van der Waals surface area (Å²) >= 11 is 3.41. The van der Waals surface area contributed by atoms with Crippen LogP contribution >= 0.6 is 15.9 Å². The molecule has 3 rings (SSSR count). The summed E-state index contributed by atoms with van der Waals surface area (Å²) in [6.07, 6.45) is 3.25. The van der Waals surface area contributed by atoms with Gasteiger partial charge in [0.1, 0.15) is 11.5 Å². The van der Waals surface area contributed by atoms with E-state index < -0.39 is 5.91 Å². The summed E-state index contributed by atoms with van der Waals surface area (Å²) in [6, 6.07) is 14.9. The minimum absolute atomic E-state index is 0.284. The van der Waals surface area contributed by atoms with E-state index in [1.165, 1.54) is 6.21 Å². The van der Waals surface area contributed by atoms with Gasteiger partial charge in [0.2, 0.25) is 0 Å². The molecule has 0 radical (unpaired) electrons. The minimum atomic E-state index is -0.396. The van der Waals surface area contributed by atoms with E-state index in [2.05, 4.69) is 31.6 Å². The first-order chi connectivity index (χ1) is 13.6. The van der Waals surface area contributed by atoms with E-state index >= 15 is 0 Å². The van der Waals surface area contributed by atoms with Crippen LogP contribution in [0.5, 0.6) is 11.5 Å². The fraction of sp³-hybridized carbons (Fsp3) is 0.150. The van der Waals surface area contributed by atoms with Crippen molar-refractivity contribution in [2.24, 2.45) is 5.10 Å². The Kier molecular flexibility index (Phi) is 6.44. The number of carbonyl (C=O) groups is 1. The van der Waals surface area contributed by atoms with Crippen molar-refractivity contribution in [1.82, 2.24) is 15.2 Å². The lowest BCUT2D eigenvalue weighted by atomic mass is 10.2. The lowest BCUT2D eigenvalue weighted by Crippen LogP contribution is -2.18. The molecule has 1 aromatic heterocycles. The molecule has 0 aliphatic heterocycles. The molecule has 0 fully saturated rings. The molecular formula is C20H19BrN4O3. The fourth-order valence-electron chi connectivity index (χ4n) is 2.51. The second-order valence-electron chi connectivity index (χ2n) is 5.83. The molecule has 0 atom stereocenters. The lowest BCUT2D eigenvalue weighted by Gasteiger charge is -2.06. The Balaban J connectivity index is 1.63. The number of rotatable bonds is 7. The molecule has 0 bridgehead atoms. The summed E-state index contributed by atoms with van der Waals surface area (Å²) in [5, 5.41) is 8.28. The molecule has 3 aromatic rings. The smallest absolute Gasteiger partial charge is 0.291 e. The van der Waals surface area contributed by atoms with Gasteiger partial charge < -0.3 is 9.47 Å². The third-order valence-electron chi connectivity index (χ3n) is 3.94. The molecule has 2 aromatic carbocycles. The second kappa shape index (κ2) is 9.18. The Labute approximate surface area is 171 Å². The number of nitrogens with zero attached hydrogens (tertiary/aromatic N) is 3. The number of methoxy groups -OCH3 is 2. The van der Waals surface area contributed by atoms with Crippen LogP contribution in [0.4, 0.5) is 0 Å². The predicted molar refractivity (Wildman–Crippen MR) is 110 cm³/mol. The zero-order valence-electron chi connectivity index (χ0n) is 15.4. The van der Waals surface area contributed by atoms with Crippen LogP contribution in [0, 0.1) is 0 Å². The SMILES string of the molecule is COc1ccc(OC)c(/C=N\NC(=O)c2ccn(Cc3ccc(Br)cc3)n2)c1. The molecule has 0 spiro atoms. The van der Waals surface area contributed by atoms with Crippen molar-refractivity contribution in [2.75, 3.05) is 14.2 Å². The van der Waals surface area contributed by atoms with Gasteiger partial charge in [-0.25, -0.2) is 5.43 Å². The highest BCUT2D eigenvalue weighted by Gasteiger charge is 2.09. The van der Waals surface area contributed by atoms with Crippen LogP contribution < -0.4 is 14.9 Å². The number of benzene rings is 2. The summed E-state index contributed by atoms with van der Waals surface area (Å²) in [7, 11) is 3.14. The van der Waals surface area contributed by atoms with Gasteiger partial charge >= 0.3 is 0 Å². The van der Waals surface area contributed by atoms with E-state index in [9.17, 15) is 4.79 Å². The van der Waals surface area contributed by atoms with Gasteiger partial charge in [0.15, 0.2) is 5.69 Å². The summed E-state index contributed by atoms with van der Waals surface area (Å²) in [4.78, 5) is 12.3. The van der Waals surface area contributed by atoms with Crippen molar-refractivity contribution < 1.29 is 14.3 Å². The van der Waals surface area contributed by atoms with Gasteiger partial charge in [0, 0.05) is 16.2 Å². The predicted octanol–water partition coefficient (Wildman–Crippen LogP) is 3.48. The number of aromatic nitrogens is 2. The standard InChI is InChI=1S/C20H19BrN4O3/c1-27-17-7-8-19(28-2)15(11-17)12-22-23-20(26)18-9-10-25(24-18)13-14-3-5-16(21)6-4-14/h3-12H,13H2,1-2H3,(H,23,26)/b22-12-. The zero-order chi connectivity index (χ0) is 19.9. The zero-order valence-corrected chi connectivity index (χ0v) is 17.0. The summed E-state index contributed by atoms with van der Waals surface area (Å²) in [5.41, 5.74) is 4.53. The number of ether oxygens (including phenoxy) is 2. The molecular weight excluding hydrogens is 424 g/mol. The monoisotopic (exact) mass is 442 g/mol. The van der Waals surface area contributed by atoms with Crippen LogP contribution in [-0.4, -0.2) is 36.1 Å². The maximum atomic E-state index is 12.3. The van der Waals surface area contributed by atoms with Crippen molar-refractivity contribution in [3.63, 3.8) is 0 Å². The minimum Gasteiger partial charge on any atom is -0.497 e. The molecule has 1 amide bonds. The molecule has 0 saturated carbocycles. The van der Waals surface area contributed by atoms with Gasteiger partial charge in [-0.3, -0.25) is 9.48 Å². The molecule has 0 unspecified atom stereocenters. The van der Waals surface area contributed by atoms with E-state index in [1.807, 2.05) is 24.3 Å². The molecule has 28 heavy (non-hydrogen) atoms. The third kappa shape index (κ3) is 4.98. The fourth-order valence-corrected chi connectivity index (χ4v) is 2.77. The number of carbonyl (C=O) groups excluding carboxylic acids is 1. The Bertz CT molecular complexity index is 983. The summed E-state index contributed by atoms with van der Waals surface area (Å²) in [6.45, 7) is 0.574. The molecule has 0 aliphatic rings. The number of hydrogen-bond donors (Lipinski definition) is 1. The van der Waals surface area contributed by atoms with Gasteiger partial charge in [0.05, 0.1) is 27.0 Å². The first kappa shape index (κ1) is 19.6. The Hall–Kier alpha value is -3.13. The van der Waals surface area contributed by atoms with Gasteiger partial charge in [0.25, 0.3) is 5.91 Å². The van der Waals surface area contributed by atoms with Crippen LogP contribution in [0.15, 0.2) is 64.3 Å². The van der Waals surface area contributed by atoms with Gasteiger partial charge in [-0.15, -0.1) is 0 Å². The van der Waals surface area contributed by atoms with Crippen LogP contribution in [0.2, 0.25) is 0 Å². The highest BCUT2D eigenvalue weighted by molar-refractivity contribution is 9.10. The van der Waals surface area contributed by atoms with Gasteiger partial charge in [-0.2, -0.15) is 10.2 Å². The van der Waals surface area contributed by atoms with Crippen molar-refractivity contribution >= 4 is 28.1 Å². The van der Waals surface area contributed by atoms with E-state index in [-0.39, 0.29) is 5.69 Å². The number of halogens is 1. The molecule has 7 nitrogen and oxygen atoms in total. The van der Waals surface area contributed by atoms with E-state index in [0.717, 1.165) is 10.0 Å². The van der Waals surface area contributed by atoms with Crippen molar-refractivity contribution in [3.05, 3.63) is 76.0 Å². The van der Waals surface area contributed by atoms with E-state index in [4.69, 9.17) is 9.47 Å². The van der Waals surface area contributed by atoms with Crippen LogP contribution in [-0.2, 0) is 6.54 Å². The molecule has 0 saturated heterocycles. The number of nitrogens with one attached hydrogen (secondary N) is 1.